The highest BCUT2D eigenvalue weighted by Crippen LogP contribution is 2.38. The second-order valence-electron chi connectivity index (χ2n) is 9.67. The SMILES string of the molecule is CCc1ccc(Sc2ccc([S+](c3ccc(Sc4ccc(C)cc4)cc3)c3cc(C)c(O)c(C)c3)cc2)cc1. The third-order valence-corrected chi connectivity index (χ3v) is 10.9. The monoisotopic (exact) mass is 565 g/mol. The lowest BCUT2D eigenvalue weighted by atomic mass is 10.1. The Morgan fingerprint density at radius 1 is 0.538 bits per heavy atom. The predicted molar refractivity (Wildman–Crippen MR) is 168 cm³/mol. The Hall–Kier alpha value is -3.05. The van der Waals surface area contributed by atoms with Crippen molar-refractivity contribution in [1.82, 2.24) is 0 Å². The van der Waals surface area contributed by atoms with Crippen molar-refractivity contribution >= 4 is 34.4 Å². The number of phenolic OH excluding ortho intramolecular Hbond substituents is 1. The van der Waals surface area contributed by atoms with Crippen LogP contribution in [-0.4, -0.2) is 5.11 Å². The van der Waals surface area contributed by atoms with Crippen LogP contribution < -0.4 is 0 Å². The second kappa shape index (κ2) is 12.4. The summed E-state index contributed by atoms with van der Waals surface area (Å²) in [5, 5.41) is 10.5. The molecule has 0 heterocycles. The van der Waals surface area contributed by atoms with Crippen LogP contribution in [0.5, 0.6) is 5.75 Å². The maximum absolute atomic E-state index is 10.5. The van der Waals surface area contributed by atoms with Crippen LogP contribution in [0.1, 0.15) is 29.2 Å². The normalized spacial score (nSPS) is 11.9. The lowest BCUT2D eigenvalue weighted by molar-refractivity contribution is 0.466. The lowest BCUT2D eigenvalue weighted by Gasteiger charge is -2.12. The van der Waals surface area contributed by atoms with E-state index in [4.69, 9.17) is 0 Å². The molecule has 0 aliphatic heterocycles. The van der Waals surface area contributed by atoms with Gasteiger partial charge in [-0.3, -0.25) is 0 Å². The van der Waals surface area contributed by atoms with Crippen LogP contribution >= 0.6 is 23.5 Å². The van der Waals surface area contributed by atoms with E-state index < -0.39 is 0 Å². The van der Waals surface area contributed by atoms with Gasteiger partial charge in [-0.15, -0.1) is 0 Å². The molecule has 0 fully saturated rings. The Morgan fingerprint density at radius 3 is 1.33 bits per heavy atom. The summed E-state index contributed by atoms with van der Waals surface area (Å²) >= 11 is 3.58. The van der Waals surface area contributed by atoms with E-state index in [1.165, 1.54) is 45.4 Å². The van der Waals surface area contributed by atoms with E-state index in [2.05, 4.69) is 123 Å². The predicted octanol–water partition coefficient (Wildman–Crippen LogP) is 10.3. The van der Waals surface area contributed by atoms with Crippen molar-refractivity contribution < 1.29 is 5.11 Å². The van der Waals surface area contributed by atoms with E-state index >= 15 is 0 Å². The Morgan fingerprint density at radius 2 is 0.923 bits per heavy atom. The molecule has 1 N–H and O–H groups in total. The fourth-order valence-corrected chi connectivity index (χ4v) is 8.26. The fourth-order valence-electron chi connectivity index (χ4n) is 4.40. The van der Waals surface area contributed by atoms with Gasteiger partial charge in [0.25, 0.3) is 0 Å². The quantitative estimate of drug-likeness (QED) is 0.189. The molecule has 0 bridgehead atoms. The summed E-state index contributed by atoms with van der Waals surface area (Å²) in [6.07, 6.45) is 1.06. The minimum atomic E-state index is -0.290. The molecule has 0 aromatic heterocycles. The van der Waals surface area contributed by atoms with Crippen LogP contribution in [0.25, 0.3) is 0 Å². The van der Waals surface area contributed by atoms with Crippen LogP contribution in [-0.2, 0) is 17.3 Å². The number of phenols is 1. The van der Waals surface area contributed by atoms with Gasteiger partial charge in [0.2, 0.25) is 0 Å². The number of aromatic hydroxyl groups is 1. The van der Waals surface area contributed by atoms with Gasteiger partial charge in [0.1, 0.15) is 5.75 Å². The summed E-state index contributed by atoms with van der Waals surface area (Å²) in [6, 6.07) is 39.7. The molecule has 0 saturated carbocycles. The van der Waals surface area contributed by atoms with Gasteiger partial charge in [-0.2, -0.15) is 0 Å². The van der Waals surface area contributed by atoms with Crippen LogP contribution in [0, 0.1) is 20.8 Å². The lowest BCUT2D eigenvalue weighted by Crippen LogP contribution is -2.06. The van der Waals surface area contributed by atoms with E-state index in [1.807, 2.05) is 13.8 Å². The highest BCUT2D eigenvalue weighted by molar-refractivity contribution is 7.99. The molecule has 0 radical (unpaired) electrons. The molecule has 5 rings (SSSR count). The highest BCUT2D eigenvalue weighted by Gasteiger charge is 2.30. The van der Waals surface area contributed by atoms with Crippen LogP contribution in [0.3, 0.4) is 0 Å². The molecular formula is C35H33OS3+. The Labute approximate surface area is 244 Å². The van der Waals surface area contributed by atoms with Crippen LogP contribution in [0.2, 0.25) is 0 Å². The van der Waals surface area contributed by atoms with Crippen molar-refractivity contribution in [3.05, 3.63) is 131 Å². The van der Waals surface area contributed by atoms with Crippen molar-refractivity contribution in [2.45, 2.75) is 68.4 Å². The molecule has 0 spiro atoms. The van der Waals surface area contributed by atoms with Crippen LogP contribution in [0.4, 0.5) is 0 Å². The zero-order chi connectivity index (χ0) is 27.4. The van der Waals surface area contributed by atoms with E-state index in [1.54, 1.807) is 23.5 Å². The Balaban J connectivity index is 1.45. The van der Waals surface area contributed by atoms with Crippen molar-refractivity contribution in [3.63, 3.8) is 0 Å². The third-order valence-electron chi connectivity index (χ3n) is 6.64. The maximum Gasteiger partial charge on any atom is 0.167 e. The molecule has 0 aliphatic carbocycles. The van der Waals surface area contributed by atoms with Gasteiger partial charge in [-0.05, 0) is 117 Å². The van der Waals surface area contributed by atoms with Gasteiger partial charge >= 0.3 is 0 Å². The van der Waals surface area contributed by atoms with Gasteiger partial charge < -0.3 is 5.11 Å². The van der Waals surface area contributed by atoms with E-state index in [9.17, 15) is 5.11 Å². The van der Waals surface area contributed by atoms with Gasteiger partial charge in [-0.1, -0.05) is 60.3 Å². The van der Waals surface area contributed by atoms with Crippen LogP contribution in [0.15, 0.2) is 143 Å². The molecule has 4 heteroatoms. The molecule has 1 nitrogen and oxygen atoms in total. The van der Waals surface area contributed by atoms with Crippen molar-refractivity contribution in [2.75, 3.05) is 0 Å². The van der Waals surface area contributed by atoms with E-state index in [-0.39, 0.29) is 10.9 Å². The molecule has 1 unspecified atom stereocenters. The number of hydrogen-bond donors (Lipinski definition) is 1. The van der Waals surface area contributed by atoms with Crippen molar-refractivity contribution in [1.29, 1.82) is 0 Å². The molecule has 5 aromatic carbocycles. The molecule has 0 amide bonds. The van der Waals surface area contributed by atoms with Gasteiger partial charge in [0.05, 0.1) is 10.9 Å². The zero-order valence-electron chi connectivity index (χ0n) is 22.8. The first-order valence-corrected chi connectivity index (χ1v) is 16.0. The van der Waals surface area contributed by atoms with E-state index in [0.29, 0.717) is 5.75 Å². The summed E-state index contributed by atoms with van der Waals surface area (Å²) in [5.41, 5.74) is 4.46. The smallest absolute Gasteiger partial charge is 0.167 e. The summed E-state index contributed by atoms with van der Waals surface area (Å²) < 4.78 is 0. The topological polar surface area (TPSA) is 20.2 Å². The summed E-state index contributed by atoms with van der Waals surface area (Å²) in [4.78, 5) is 8.71. The number of hydrogen-bond acceptors (Lipinski definition) is 3. The highest BCUT2D eigenvalue weighted by atomic mass is 32.2. The zero-order valence-corrected chi connectivity index (χ0v) is 25.2. The number of aryl methyl sites for hydroxylation is 4. The Bertz CT molecular complexity index is 1520. The molecule has 0 aliphatic rings. The first kappa shape index (κ1) is 27.5. The number of benzene rings is 5. The average Bonchev–Trinajstić information content (AvgIpc) is 2.95. The molecular weight excluding hydrogens is 533 g/mol. The van der Waals surface area contributed by atoms with E-state index in [0.717, 1.165) is 17.5 Å². The van der Waals surface area contributed by atoms with Crippen molar-refractivity contribution in [2.24, 2.45) is 0 Å². The summed E-state index contributed by atoms with van der Waals surface area (Å²) in [7, 11) is -0.290. The third kappa shape index (κ3) is 6.75. The minimum Gasteiger partial charge on any atom is -0.507 e. The molecule has 5 aromatic rings. The Kier molecular flexibility index (Phi) is 8.76. The molecule has 39 heavy (non-hydrogen) atoms. The summed E-state index contributed by atoms with van der Waals surface area (Å²) in [6.45, 7) is 8.27. The molecule has 1 atom stereocenters. The summed E-state index contributed by atoms with van der Waals surface area (Å²) in [5.74, 6) is 0.382. The molecule has 196 valence electrons. The average molecular weight is 566 g/mol. The van der Waals surface area contributed by atoms with Gasteiger partial charge in [0.15, 0.2) is 14.7 Å². The van der Waals surface area contributed by atoms with Crippen molar-refractivity contribution in [3.8, 4) is 5.75 Å². The molecule has 0 saturated heterocycles. The fraction of sp³-hybridized carbons (Fsp3) is 0.143. The second-order valence-corrected chi connectivity index (χ2v) is 14.0. The first-order chi connectivity index (χ1) is 18.9. The maximum atomic E-state index is 10.5. The standard InChI is InChI=1S/C35H32OS3/c1-5-27-8-12-29(13-9-27)38-31-16-20-33(21-17-31)39(34-22-25(3)35(36)26(4)23-34)32-18-14-30(15-19-32)37-28-10-6-24(2)7-11-28/h6-23H,5H2,1-4H3/p+1. The first-order valence-electron chi connectivity index (χ1n) is 13.2. The van der Waals surface area contributed by atoms with Gasteiger partial charge in [0, 0.05) is 31.7 Å². The minimum absolute atomic E-state index is 0.290. The van der Waals surface area contributed by atoms with Gasteiger partial charge in [-0.25, -0.2) is 0 Å². The largest absolute Gasteiger partial charge is 0.507 e. The number of rotatable bonds is 8.